The Kier molecular flexibility index (Phi) is 3.39. The van der Waals surface area contributed by atoms with Crippen molar-refractivity contribution in [2.24, 2.45) is 17.3 Å². The minimum Gasteiger partial charge on any atom is -0.392 e. The van der Waals surface area contributed by atoms with Crippen molar-refractivity contribution >= 4 is 0 Å². The van der Waals surface area contributed by atoms with Gasteiger partial charge < -0.3 is 10.2 Å². The summed E-state index contributed by atoms with van der Waals surface area (Å²) in [6, 6.07) is 0. The standard InChI is InChI=1S/C15H26O2/c1-11(10-16)13-6-8-15(17)7-4-5-12(2)14(15,3)9-13/h12-13,16-17H,1,4-10H2,2-3H3/t12-,13+,14+,15-/m0/s1. The fourth-order valence-corrected chi connectivity index (χ4v) is 4.07. The second kappa shape index (κ2) is 4.40. The van der Waals surface area contributed by atoms with Crippen LogP contribution in [0.2, 0.25) is 0 Å². The second-order valence-electron chi connectivity index (χ2n) is 6.50. The first-order chi connectivity index (χ1) is 7.93. The van der Waals surface area contributed by atoms with Crippen LogP contribution in [-0.2, 0) is 0 Å². The van der Waals surface area contributed by atoms with Crippen LogP contribution >= 0.6 is 0 Å². The van der Waals surface area contributed by atoms with Crippen molar-refractivity contribution < 1.29 is 10.2 Å². The van der Waals surface area contributed by atoms with Crippen LogP contribution in [0.1, 0.15) is 52.4 Å². The van der Waals surface area contributed by atoms with Crippen LogP contribution in [0.4, 0.5) is 0 Å². The lowest BCUT2D eigenvalue weighted by atomic mass is 9.51. The molecule has 0 heterocycles. The SMILES string of the molecule is C=C(CO)[C@@H]1CC[C@@]2(O)CCC[C@H](C)[C@@]2(C)C1. The number of fused-ring (bicyclic) bond motifs is 1. The Labute approximate surface area is 105 Å². The Morgan fingerprint density at radius 2 is 2.06 bits per heavy atom. The highest BCUT2D eigenvalue weighted by atomic mass is 16.3. The third-order valence-corrected chi connectivity index (χ3v) is 5.74. The van der Waals surface area contributed by atoms with Gasteiger partial charge in [-0.15, -0.1) is 0 Å². The van der Waals surface area contributed by atoms with Gasteiger partial charge in [-0.3, -0.25) is 0 Å². The van der Waals surface area contributed by atoms with E-state index in [-0.39, 0.29) is 12.0 Å². The Morgan fingerprint density at radius 1 is 1.35 bits per heavy atom. The topological polar surface area (TPSA) is 40.5 Å². The highest BCUT2D eigenvalue weighted by Gasteiger charge is 2.55. The molecule has 2 heteroatoms. The molecule has 0 aromatic heterocycles. The largest absolute Gasteiger partial charge is 0.392 e. The summed E-state index contributed by atoms with van der Waals surface area (Å²) in [5, 5.41) is 20.1. The number of aliphatic hydroxyl groups excluding tert-OH is 1. The van der Waals surface area contributed by atoms with Crippen LogP contribution in [0.15, 0.2) is 12.2 Å². The maximum atomic E-state index is 10.9. The lowest BCUT2D eigenvalue weighted by Crippen LogP contribution is -2.56. The zero-order valence-electron chi connectivity index (χ0n) is 11.2. The van der Waals surface area contributed by atoms with Crippen LogP contribution in [0.3, 0.4) is 0 Å². The zero-order chi connectivity index (χ0) is 12.7. The highest BCUT2D eigenvalue weighted by molar-refractivity contribution is 5.12. The number of hydrogen-bond acceptors (Lipinski definition) is 2. The molecule has 17 heavy (non-hydrogen) atoms. The van der Waals surface area contributed by atoms with E-state index in [1.54, 1.807) is 0 Å². The molecule has 98 valence electrons. The van der Waals surface area contributed by atoms with Crippen molar-refractivity contribution in [1.29, 1.82) is 0 Å². The first-order valence-electron chi connectivity index (χ1n) is 6.94. The third-order valence-electron chi connectivity index (χ3n) is 5.74. The fraction of sp³-hybridized carbons (Fsp3) is 0.867. The predicted molar refractivity (Wildman–Crippen MR) is 69.6 cm³/mol. The van der Waals surface area contributed by atoms with Gasteiger partial charge in [0.1, 0.15) is 0 Å². The molecule has 2 nitrogen and oxygen atoms in total. The molecule has 0 aromatic carbocycles. The zero-order valence-corrected chi connectivity index (χ0v) is 11.2. The van der Waals surface area contributed by atoms with Crippen molar-refractivity contribution in [3.05, 3.63) is 12.2 Å². The van der Waals surface area contributed by atoms with Crippen molar-refractivity contribution in [2.45, 2.75) is 58.0 Å². The van der Waals surface area contributed by atoms with E-state index in [0.717, 1.165) is 37.7 Å². The van der Waals surface area contributed by atoms with Crippen LogP contribution in [-0.4, -0.2) is 22.4 Å². The predicted octanol–water partition coefficient (Wildman–Crippen LogP) is 2.89. The van der Waals surface area contributed by atoms with Gasteiger partial charge in [0, 0.05) is 0 Å². The summed E-state index contributed by atoms with van der Waals surface area (Å²) >= 11 is 0. The van der Waals surface area contributed by atoms with E-state index in [1.807, 2.05) is 0 Å². The minimum atomic E-state index is -0.475. The summed E-state index contributed by atoms with van der Waals surface area (Å²) < 4.78 is 0. The van der Waals surface area contributed by atoms with Gasteiger partial charge in [0.15, 0.2) is 0 Å². The molecule has 2 aliphatic carbocycles. The van der Waals surface area contributed by atoms with Gasteiger partial charge in [0.05, 0.1) is 12.2 Å². The van der Waals surface area contributed by atoms with Gasteiger partial charge in [0.25, 0.3) is 0 Å². The summed E-state index contributed by atoms with van der Waals surface area (Å²) in [5.74, 6) is 0.960. The molecular weight excluding hydrogens is 212 g/mol. The Bertz CT molecular complexity index is 312. The molecule has 0 bridgehead atoms. The van der Waals surface area contributed by atoms with Gasteiger partial charge in [-0.1, -0.05) is 26.8 Å². The maximum absolute atomic E-state index is 10.9. The quantitative estimate of drug-likeness (QED) is 0.726. The average Bonchev–Trinajstić information content (AvgIpc) is 2.30. The molecule has 2 saturated carbocycles. The number of hydrogen-bond donors (Lipinski definition) is 2. The van der Waals surface area contributed by atoms with E-state index >= 15 is 0 Å². The second-order valence-corrected chi connectivity index (χ2v) is 6.50. The molecule has 2 aliphatic rings. The average molecular weight is 238 g/mol. The van der Waals surface area contributed by atoms with Gasteiger partial charge >= 0.3 is 0 Å². The van der Waals surface area contributed by atoms with Crippen molar-refractivity contribution in [1.82, 2.24) is 0 Å². The van der Waals surface area contributed by atoms with Crippen LogP contribution in [0, 0.1) is 17.3 Å². The first-order valence-corrected chi connectivity index (χ1v) is 6.94. The molecular formula is C15H26O2. The van der Waals surface area contributed by atoms with E-state index < -0.39 is 5.60 Å². The lowest BCUT2D eigenvalue weighted by Gasteiger charge is -2.57. The third kappa shape index (κ3) is 1.96. The Hall–Kier alpha value is -0.340. The fourth-order valence-electron chi connectivity index (χ4n) is 4.07. The van der Waals surface area contributed by atoms with Gasteiger partial charge in [-0.25, -0.2) is 0 Å². The smallest absolute Gasteiger partial charge is 0.0704 e. The summed E-state index contributed by atoms with van der Waals surface area (Å²) in [4.78, 5) is 0. The molecule has 0 aliphatic heterocycles. The molecule has 0 saturated heterocycles. The first kappa shape index (κ1) is 13.1. The molecule has 2 fully saturated rings. The Balaban J connectivity index is 2.22. The van der Waals surface area contributed by atoms with Crippen molar-refractivity contribution in [2.75, 3.05) is 6.61 Å². The molecule has 0 radical (unpaired) electrons. The Morgan fingerprint density at radius 3 is 2.71 bits per heavy atom. The van der Waals surface area contributed by atoms with Crippen LogP contribution < -0.4 is 0 Å². The van der Waals surface area contributed by atoms with Crippen LogP contribution in [0.25, 0.3) is 0 Å². The molecule has 0 unspecified atom stereocenters. The van der Waals surface area contributed by atoms with E-state index in [4.69, 9.17) is 0 Å². The van der Waals surface area contributed by atoms with E-state index in [9.17, 15) is 10.2 Å². The molecule has 0 spiro atoms. The summed E-state index contributed by atoms with van der Waals surface area (Å²) in [6.45, 7) is 8.59. The molecule has 2 N–H and O–H groups in total. The monoisotopic (exact) mass is 238 g/mol. The molecule has 0 amide bonds. The summed E-state index contributed by atoms with van der Waals surface area (Å²) in [5.41, 5.74) is 0.481. The summed E-state index contributed by atoms with van der Waals surface area (Å²) in [6.07, 6.45) is 6.17. The van der Waals surface area contributed by atoms with Crippen molar-refractivity contribution in [3.63, 3.8) is 0 Å². The van der Waals surface area contributed by atoms with Crippen LogP contribution in [0.5, 0.6) is 0 Å². The highest BCUT2D eigenvalue weighted by Crippen LogP contribution is 2.57. The van der Waals surface area contributed by atoms with Crippen molar-refractivity contribution in [3.8, 4) is 0 Å². The minimum absolute atomic E-state index is 0.00623. The van der Waals surface area contributed by atoms with Gasteiger partial charge in [-0.2, -0.15) is 0 Å². The number of rotatable bonds is 2. The normalized spacial score (nSPS) is 46.4. The molecule has 4 atom stereocenters. The van der Waals surface area contributed by atoms with Gasteiger partial charge in [-0.05, 0) is 54.9 Å². The molecule has 0 aromatic rings. The summed E-state index contributed by atoms with van der Waals surface area (Å²) in [7, 11) is 0. The van der Waals surface area contributed by atoms with E-state index in [1.165, 1.54) is 6.42 Å². The number of aliphatic hydroxyl groups is 2. The molecule has 2 rings (SSSR count). The lowest BCUT2D eigenvalue weighted by molar-refractivity contribution is -0.165. The van der Waals surface area contributed by atoms with Gasteiger partial charge in [0.2, 0.25) is 0 Å². The van der Waals surface area contributed by atoms with E-state index in [2.05, 4.69) is 20.4 Å². The maximum Gasteiger partial charge on any atom is 0.0704 e. The van der Waals surface area contributed by atoms with E-state index in [0.29, 0.717) is 11.8 Å².